The van der Waals surface area contributed by atoms with Crippen LogP contribution in [0.3, 0.4) is 0 Å². The van der Waals surface area contributed by atoms with Crippen LogP contribution in [0, 0.1) is 11.8 Å². The summed E-state index contributed by atoms with van der Waals surface area (Å²) in [6.07, 6.45) is 5.17. The molecule has 1 aliphatic carbocycles. The van der Waals surface area contributed by atoms with Gasteiger partial charge < -0.3 is 15.6 Å². The summed E-state index contributed by atoms with van der Waals surface area (Å²) < 4.78 is 0. The van der Waals surface area contributed by atoms with Gasteiger partial charge in [-0.1, -0.05) is 48.5 Å². The fraction of sp³-hybridized carbons (Fsp3) is 0.370. The van der Waals surface area contributed by atoms with E-state index in [0.29, 0.717) is 38.8 Å². The van der Waals surface area contributed by atoms with Crippen LogP contribution in [0.1, 0.15) is 30.4 Å². The lowest BCUT2D eigenvalue weighted by molar-refractivity contribution is -0.139. The molecule has 2 aliphatic rings. The van der Waals surface area contributed by atoms with Crippen LogP contribution in [0.2, 0.25) is 0 Å². The van der Waals surface area contributed by atoms with Crippen LogP contribution in [0.25, 0.3) is 10.9 Å². The van der Waals surface area contributed by atoms with Crippen molar-refractivity contribution < 1.29 is 14.4 Å². The summed E-state index contributed by atoms with van der Waals surface area (Å²) in [6, 6.07) is 17.4. The standard InChI is InChI=1S/C27H30N4O3/c32-25(28-14-12-20-17-29-23-9-5-4-8-21(20)23)19-10-11-22-24(16-19)30-27(34)31(26(22)33)15-13-18-6-2-1-3-7-18/h1-9,17,19,22,24,29H,10-16H2,(H,28,32)(H,30,34). The highest BCUT2D eigenvalue weighted by Gasteiger charge is 2.45. The molecule has 2 fully saturated rings. The Morgan fingerprint density at radius 3 is 2.65 bits per heavy atom. The summed E-state index contributed by atoms with van der Waals surface area (Å²) >= 11 is 0. The minimum Gasteiger partial charge on any atom is -0.361 e. The fourth-order valence-electron chi connectivity index (χ4n) is 5.30. The molecule has 176 valence electrons. The van der Waals surface area contributed by atoms with E-state index in [-0.39, 0.29) is 35.7 Å². The van der Waals surface area contributed by atoms with Gasteiger partial charge in [0.05, 0.1) is 5.92 Å². The number of fused-ring (bicyclic) bond motifs is 2. The first-order chi connectivity index (χ1) is 16.6. The van der Waals surface area contributed by atoms with E-state index >= 15 is 0 Å². The molecule has 4 amide bonds. The summed E-state index contributed by atoms with van der Waals surface area (Å²) in [5.74, 6) is -0.536. The number of carbonyl (C=O) groups excluding carboxylic acids is 3. The van der Waals surface area contributed by atoms with Gasteiger partial charge in [0, 0.05) is 42.1 Å². The Balaban J connectivity index is 1.13. The number of H-pyrrole nitrogens is 1. The first-order valence-electron chi connectivity index (χ1n) is 12.1. The number of nitrogens with zero attached hydrogens (tertiary/aromatic N) is 1. The number of hydrogen-bond donors (Lipinski definition) is 3. The number of rotatable bonds is 7. The van der Waals surface area contributed by atoms with E-state index in [1.165, 1.54) is 15.8 Å². The van der Waals surface area contributed by atoms with E-state index in [0.717, 1.165) is 17.5 Å². The molecule has 5 rings (SSSR count). The molecule has 1 aromatic heterocycles. The van der Waals surface area contributed by atoms with Gasteiger partial charge in [-0.3, -0.25) is 14.5 Å². The van der Waals surface area contributed by atoms with Crippen molar-refractivity contribution in [2.75, 3.05) is 13.1 Å². The number of hydrogen-bond acceptors (Lipinski definition) is 3. The van der Waals surface area contributed by atoms with Gasteiger partial charge in [0.1, 0.15) is 0 Å². The van der Waals surface area contributed by atoms with Crippen LogP contribution in [0.4, 0.5) is 4.79 Å². The average molecular weight is 459 g/mol. The van der Waals surface area contributed by atoms with E-state index in [9.17, 15) is 14.4 Å². The summed E-state index contributed by atoms with van der Waals surface area (Å²) in [4.78, 5) is 43.1. The topological polar surface area (TPSA) is 94.3 Å². The molecule has 3 unspecified atom stereocenters. The Labute approximate surface area is 198 Å². The zero-order chi connectivity index (χ0) is 23.5. The normalized spacial score (nSPS) is 22.4. The summed E-state index contributed by atoms with van der Waals surface area (Å²) in [5, 5.41) is 7.24. The zero-order valence-corrected chi connectivity index (χ0v) is 19.1. The van der Waals surface area contributed by atoms with Crippen molar-refractivity contribution in [1.82, 2.24) is 20.5 Å². The number of aromatic nitrogens is 1. The SMILES string of the molecule is O=C(NCCc1c[nH]c2ccccc12)C1CCC2C(=O)N(CCc3ccccc3)C(=O)NC2C1. The van der Waals surface area contributed by atoms with E-state index in [4.69, 9.17) is 0 Å². The second-order valence-corrected chi connectivity index (χ2v) is 9.30. The van der Waals surface area contributed by atoms with Crippen molar-refractivity contribution in [1.29, 1.82) is 0 Å². The van der Waals surface area contributed by atoms with Gasteiger partial charge in [0.15, 0.2) is 0 Å². The fourth-order valence-corrected chi connectivity index (χ4v) is 5.30. The molecular weight excluding hydrogens is 428 g/mol. The number of carbonyl (C=O) groups is 3. The molecule has 3 N–H and O–H groups in total. The van der Waals surface area contributed by atoms with Gasteiger partial charge in [-0.05, 0) is 49.3 Å². The molecule has 34 heavy (non-hydrogen) atoms. The van der Waals surface area contributed by atoms with Crippen LogP contribution in [-0.2, 0) is 22.4 Å². The predicted octanol–water partition coefficient (Wildman–Crippen LogP) is 3.41. The Kier molecular flexibility index (Phi) is 6.34. The third kappa shape index (κ3) is 4.55. The minimum absolute atomic E-state index is 0.00602. The lowest BCUT2D eigenvalue weighted by Crippen LogP contribution is -2.62. The van der Waals surface area contributed by atoms with E-state index < -0.39 is 0 Å². The maximum atomic E-state index is 13.0. The predicted molar refractivity (Wildman–Crippen MR) is 130 cm³/mol. The lowest BCUT2D eigenvalue weighted by atomic mass is 9.76. The van der Waals surface area contributed by atoms with Crippen molar-refractivity contribution in [2.45, 2.75) is 38.1 Å². The molecule has 0 bridgehead atoms. The zero-order valence-electron chi connectivity index (χ0n) is 19.1. The molecule has 0 spiro atoms. The van der Waals surface area contributed by atoms with Gasteiger partial charge in [-0.25, -0.2) is 4.79 Å². The molecule has 1 saturated heterocycles. The molecule has 2 aromatic carbocycles. The van der Waals surface area contributed by atoms with Crippen molar-refractivity contribution >= 4 is 28.7 Å². The number of urea groups is 1. The summed E-state index contributed by atoms with van der Waals surface area (Å²) in [6.45, 7) is 0.930. The molecule has 0 radical (unpaired) electrons. The Bertz CT molecular complexity index is 1190. The monoisotopic (exact) mass is 458 g/mol. The van der Waals surface area contributed by atoms with Crippen molar-refractivity contribution in [3.8, 4) is 0 Å². The molecule has 3 aromatic rings. The van der Waals surface area contributed by atoms with Gasteiger partial charge in [0.2, 0.25) is 11.8 Å². The largest absolute Gasteiger partial charge is 0.361 e. The van der Waals surface area contributed by atoms with Crippen LogP contribution >= 0.6 is 0 Å². The van der Waals surface area contributed by atoms with Crippen molar-refractivity contribution in [3.63, 3.8) is 0 Å². The van der Waals surface area contributed by atoms with Gasteiger partial charge in [-0.15, -0.1) is 0 Å². The molecule has 7 nitrogen and oxygen atoms in total. The maximum Gasteiger partial charge on any atom is 0.324 e. The smallest absolute Gasteiger partial charge is 0.324 e. The third-order valence-corrected chi connectivity index (χ3v) is 7.19. The molecule has 1 saturated carbocycles. The molecular formula is C27H30N4O3. The van der Waals surface area contributed by atoms with Crippen LogP contribution in [0.15, 0.2) is 60.8 Å². The molecule has 1 aliphatic heterocycles. The van der Waals surface area contributed by atoms with E-state index in [1.54, 1.807) is 0 Å². The van der Waals surface area contributed by atoms with Gasteiger partial charge in [0.25, 0.3) is 0 Å². The number of nitrogens with one attached hydrogen (secondary N) is 3. The van der Waals surface area contributed by atoms with Crippen LogP contribution < -0.4 is 10.6 Å². The Hall–Kier alpha value is -3.61. The second kappa shape index (κ2) is 9.71. The molecule has 3 atom stereocenters. The van der Waals surface area contributed by atoms with E-state index in [2.05, 4.69) is 21.7 Å². The number of para-hydroxylation sites is 1. The van der Waals surface area contributed by atoms with Crippen molar-refractivity contribution in [2.24, 2.45) is 11.8 Å². The highest BCUT2D eigenvalue weighted by Crippen LogP contribution is 2.33. The Morgan fingerprint density at radius 2 is 1.79 bits per heavy atom. The van der Waals surface area contributed by atoms with Crippen LogP contribution in [0.5, 0.6) is 0 Å². The number of aromatic amines is 1. The Morgan fingerprint density at radius 1 is 1.00 bits per heavy atom. The minimum atomic E-state index is -0.345. The van der Waals surface area contributed by atoms with Gasteiger partial charge in [-0.2, -0.15) is 0 Å². The average Bonchev–Trinajstić information content (AvgIpc) is 3.27. The summed E-state index contributed by atoms with van der Waals surface area (Å²) in [5.41, 5.74) is 3.37. The first kappa shape index (κ1) is 22.2. The molecule has 2 heterocycles. The number of benzene rings is 2. The third-order valence-electron chi connectivity index (χ3n) is 7.19. The molecule has 7 heteroatoms. The van der Waals surface area contributed by atoms with Gasteiger partial charge >= 0.3 is 6.03 Å². The second-order valence-electron chi connectivity index (χ2n) is 9.30. The quantitative estimate of drug-likeness (QED) is 0.506. The summed E-state index contributed by atoms with van der Waals surface area (Å²) in [7, 11) is 0. The van der Waals surface area contributed by atoms with E-state index in [1.807, 2.05) is 54.7 Å². The van der Waals surface area contributed by atoms with Crippen molar-refractivity contribution in [3.05, 3.63) is 71.9 Å². The lowest BCUT2D eigenvalue weighted by Gasteiger charge is -2.42. The number of amides is 4. The highest BCUT2D eigenvalue weighted by atomic mass is 16.2. The maximum absolute atomic E-state index is 13.0. The van der Waals surface area contributed by atoms with Crippen LogP contribution in [-0.4, -0.2) is 46.9 Å². The number of imide groups is 1. The highest BCUT2D eigenvalue weighted by molar-refractivity contribution is 5.99. The first-order valence-corrected chi connectivity index (χ1v) is 12.1.